The molecule has 0 radical (unpaired) electrons. The van der Waals surface area contributed by atoms with E-state index in [4.69, 9.17) is 4.52 Å². The van der Waals surface area contributed by atoms with Crippen molar-refractivity contribution in [2.24, 2.45) is 0 Å². The molecule has 2 rings (SSSR count). The van der Waals surface area contributed by atoms with Gasteiger partial charge in [0.2, 0.25) is 0 Å². The van der Waals surface area contributed by atoms with Crippen molar-refractivity contribution >= 4 is 5.97 Å². The zero-order valence-electron chi connectivity index (χ0n) is 12.4. The van der Waals surface area contributed by atoms with E-state index in [1.165, 1.54) is 4.57 Å². The number of hydrogen-bond acceptors (Lipinski definition) is 5. The summed E-state index contributed by atoms with van der Waals surface area (Å²) in [4.78, 5) is 27.2. The Hall–Kier alpha value is -2.44. The van der Waals surface area contributed by atoms with Crippen LogP contribution < -0.4 is 5.69 Å². The fourth-order valence-electron chi connectivity index (χ4n) is 2.41. The summed E-state index contributed by atoms with van der Waals surface area (Å²) in [5, 5.41) is 13.0. The van der Waals surface area contributed by atoms with Gasteiger partial charge in [-0.3, -0.25) is 9.36 Å². The number of carboxylic acid groups (broad SMARTS) is 1. The van der Waals surface area contributed by atoms with E-state index in [2.05, 4.69) is 10.1 Å². The van der Waals surface area contributed by atoms with Crippen LogP contribution in [-0.2, 0) is 11.3 Å². The lowest BCUT2D eigenvalue weighted by atomic mass is 9.98. The third kappa shape index (κ3) is 2.86. The lowest BCUT2D eigenvalue weighted by molar-refractivity contribution is -0.138. The largest absolute Gasteiger partial charge is 0.481 e. The second-order valence-electron chi connectivity index (χ2n) is 5.05. The van der Waals surface area contributed by atoms with Crippen molar-refractivity contribution in [2.45, 2.75) is 40.2 Å². The van der Waals surface area contributed by atoms with Crippen LogP contribution in [0.2, 0.25) is 0 Å². The summed E-state index contributed by atoms with van der Waals surface area (Å²) >= 11 is 0. The summed E-state index contributed by atoms with van der Waals surface area (Å²) in [6.07, 6.45) is 0. The van der Waals surface area contributed by atoms with E-state index in [1.54, 1.807) is 33.8 Å². The first-order valence-electron chi connectivity index (χ1n) is 6.54. The first kappa shape index (κ1) is 15.0. The molecule has 2 aromatic heterocycles. The van der Waals surface area contributed by atoms with E-state index in [0.717, 1.165) is 0 Å². The van der Waals surface area contributed by atoms with Crippen molar-refractivity contribution < 1.29 is 14.4 Å². The summed E-state index contributed by atoms with van der Waals surface area (Å²) < 4.78 is 6.39. The molecule has 1 atom stereocenters. The van der Waals surface area contributed by atoms with Gasteiger partial charge in [-0.05, 0) is 27.7 Å². The van der Waals surface area contributed by atoms with Crippen LogP contribution in [0.1, 0.15) is 41.2 Å². The number of aliphatic carboxylic acids is 1. The zero-order chi connectivity index (χ0) is 15.7. The molecule has 0 aliphatic carbocycles. The van der Waals surface area contributed by atoms with Gasteiger partial charge in [0, 0.05) is 23.0 Å². The molecular weight excluding hydrogens is 274 g/mol. The van der Waals surface area contributed by atoms with Crippen LogP contribution in [-0.4, -0.2) is 25.8 Å². The van der Waals surface area contributed by atoms with Crippen LogP contribution in [0.3, 0.4) is 0 Å². The smallest absolute Gasteiger partial charge is 0.348 e. The predicted octanol–water partition coefficient (Wildman–Crippen LogP) is 1.39. The molecule has 0 spiro atoms. The highest BCUT2D eigenvalue weighted by Crippen LogP contribution is 2.21. The maximum absolute atomic E-state index is 12.1. The predicted molar refractivity (Wildman–Crippen MR) is 74.4 cm³/mol. The summed E-state index contributed by atoms with van der Waals surface area (Å²) in [5.41, 5.74) is 1.76. The van der Waals surface area contributed by atoms with Crippen LogP contribution in [0.15, 0.2) is 15.4 Å². The molecule has 0 aliphatic rings. The number of nitrogens with zero attached hydrogens (tertiary/aromatic N) is 3. The van der Waals surface area contributed by atoms with E-state index in [1.807, 2.05) is 0 Å². The van der Waals surface area contributed by atoms with Crippen molar-refractivity contribution in [1.29, 1.82) is 0 Å². The van der Waals surface area contributed by atoms with Gasteiger partial charge in [0.25, 0.3) is 0 Å². The molecule has 112 valence electrons. The molecule has 0 aromatic carbocycles. The van der Waals surface area contributed by atoms with Gasteiger partial charge in [-0.1, -0.05) is 5.16 Å². The Morgan fingerprint density at radius 1 is 1.43 bits per heavy atom. The van der Waals surface area contributed by atoms with Gasteiger partial charge >= 0.3 is 11.7 Å². The molecule has 0 aliphatic heterocycles. The molecule has 0 bridgehead atoms. The number of aryl methyl sites for hydroxylation is 2. The first-order chi connectivity index (χ1) is 9.81. The Kier molecular flexibility index (Phi) is 3.93. The van der Waals surface area contributed by atoms with Crippen molar-refractivity contribution in [3.63, 3.8) is 0 Å². The van der Waals surface area contributed by atoms with Crippen molar-refractivity contribution in [2.75, 3.05) is 0 Å². The quantitative estimate of drug-likeness (QED) is 0.914. The molecule has 0 saturated carbocycles. The van der Waals surface area contributed by atoms with Gasteiger partial charge < -0.3 is 9.63 Å². The van der Waals surface area contributed by atoms with E-state index in [-0.39, 0.29) is 6.54 Å². The van der Waals surface area contributed by atoms with Crippen LogP contribution in [0.25, 0.3) is 0 Å². The van der Waals surface area contributed by atoms with Gasteiger partial charge in [-0.15, -0.1) is 0 Å². The number of hydrogen-bond donors (Lipinski definition) is 1. The normalized spacial score (nSPS) is 12.4. The van der Waals surface area contributed by atoms with Gasteiger partial charge in [-0.2, -0.15) is 4.98 Å². The average Bonchev–Trinajstić information content (AvgIpc) is 2.79. The molecule has 0 amide bonds. The van der Waals surface area contributed by atoms with Gasteiger partial charge in [0.15, 0.2) is 0 Å². The Labute approximate surface area is 121 Å². The molecule has 2 heterocycles. The maximum atomic E-state index is 12.1. The Bertz CT molecular complexity index is 745. The lowest BCUT2D eigenvalue weighted by Gasteiger charge is -2.17. The summed E-state index contributed by atoms with van der Waals surface area (Å²) in [5.74, 6) is -1.04. The van der Waals surface area contributed by atoms with Crippen molar-refractivity contribution in [3.05, 3.63) is 45.0 Å². The second kappa shape index (κ2) is 5.51. The van der Waals surface area contributed by atoms with Gasteiger partial charge in [0.1, 0.15) is 11.5 Å². The van der Waals surface area contributed by atoms with Crippen LogP contribution in [0.4, 0.5) is 0 Å². The second-order valence-corrected chi connectivity index (χ2v) is 5.05. The number of aromatic nitrogens is 3. The number of carboxylic acids is 1. The summed E-state index contributed by atoms with van der Waals surface area (Å²) in [6.45, 7) is 6.91. The molecule has 0 saturated heterocycles. The minimum absolute atomic E-state index is 0.203. The lowest BCUT2D eigenvalue weighted by Crippen LogP contribution is -2.29. The minimum Gasteiger partial charge on any atom is -0.481 e. The molecule has 0 fully saturated rings. The minimum atomic E-state index is -0.953. The van der Waals surface area contributed by atoms with Gasteiger partial charge in [-0.25, -0.2) is 4.79 Å². The molecule has 1 unspecified atom stereocenters. The zero-order valence-corrected chi connectivity index (χ0v) is 12.4. The molecule has 1 N–H and O–H groups in total. The summed E-state index contributed by atoms with van der Waals surface area (Å²) in [6, 6.07) is 1.73. The van der Waals surface area contributed by atoms with E-state index in [0.29, 0.717) is 28.4 Å². The van der Waals surface area contributed by atoms with E-state index >= 15 is 0 Å². The Morgan fingerprint density at radius 3 is 2.62 bits per heavy atom. The van der Waals surface area contributed by atoms with Crippen LogP contribution in [0, 0.1) is 20.8 Å². The standard InChI is InChI=1S/C14H17N3O4/c1-7-5-11(16-21-7)6-17-10(4)12(8(2)13(18)19)9(3)15-14(17)20/h5,8H,6H2,1-4H3,(H,18,19). The van der Waals surface area contributed by atoms with E-state index in [9.17, 15) is 14.7 Å². The fourth-order valence-corrected chi connectivity index (χ4v) is 2.41. The highest BCUT2D eigenvalue weighted by molar-refractivity contribution is 5.76. The average molecular weight is 291 g/mol. The number of carbonyl (C=O) groups is 1. The fraction of sp³-hybridized carbons (Fsp3) is 0.429. The van der Waals surface area contributed by atoms with Crippen LogP contribution in [0.5, 0.6) is 0 Å². The Balaban J connectivity index is 2.53. The van der Waals surface area contributed by atoms with Gasteiger partial charge in [0.05, 0.1) is 12.5 Å². The highest BCUT2D eigenvalue weighted by atomic mass is 16.5. The maximum Gasteiger partial charge on any atom is 0.348 e. The van der Waals surface area contributed by atoms with Crippen LogP contribution >= 0.6 is 0 Å². The molecule has 21 heavy (non-hydrogen) atoms. The molecule has 2 aromatic rings. The SMILES string of the molecule is Cc1cc(Cn2c(C)c(C(C)C(=O)O)c(C)nc2=O)no1. The summed E-state index contributed by atoms with van der Waals surface area (Å²) in [7, 11) is 0. The third-order valence-corrected chi connectivity index (χ3v) is 3.48. The topological polar surface area (TPSA) is 98.2 Å². The monoisotopic (exact) mass is 291 g/mol. The highest BCUT2D eigenvalue weighted by Gasteiger charge is 2.22. The van der Waals surface area contributed by atoms with E-state index < -0.39 is 17.6 Å². The van der Waals surface area contributed by atoms with Crippen molar-refractivity contribution in [3.8, 4) is 0 Å². The Morgan fingerprint density at radius 2 is 2.10 bits per heavy atom. The molecule has 7 heteroatoms. The molecule has 7 nitrogen and oxygen atoms in total. The third-order valence-electron chi connectivity index (χ3n) is 3.48. The number of rotatable bonds is 4. The first-order valence-corrected chi connectivity index (χ1v) is 6.54. The van der Waals surface area contributed by atoms with Crippen molar-refractivity contribution in [1.82, 2.24) is 14.7 Å². The molecular formula is C14H17N3O4.